The zero-order valence-corrected chi connectivity index (χ0v) is 15.3. The lowest BCUT2D eigenvalue weighted by Crippen LogP contribution is -1.99. The van der Waals surface area contributed by atoms with Gasteiger partial charge < -0.3 is 20.4 Å². The molecule has 0 atom stereocenters. The summed E-state index contributed by atoms with van der Waals surface area (Å²) in [4.78, 5) is 11.0. The molecule has 0 aliphatic heterocycles. The summed E-state index contributed by atoms with van der Waals surface area (Å²) in [5, 5.41) is 37.7. The normalized spacial score (nSPS) is 10.7. The van der Waals surface area contributed by atoms with Crippen LogP contribution in [0.4, 0.5) is 0 Å². The molecule has 0 unspecified atom stereocenters. The number of hydrogen-bond acceptors (Lipinski definition) is 4. The Morgan fingerprint density at radius 3 is 1.61 bits per heavy atom. The molecule has 0 radical (unpaired) electrons. The van der Waals surface area contributed by atoms with Crippen molar-refractivity contribution in [2.45, 2.75) is 25.7 Å². The largest absolute Gasteiger partial charge is 0.507 e. The van der Waals surface area contributed by atoms with E-state index in [0.717, 1.165) is 36.0 Å². The Hall–Kier alpha value is -3.47. The highest BCUT2D eigenvalue weighted by atomic mass is 16.4. The highest BCUT2D eigenvalue weighted by Crippen LogP contribution is 2.25. The SMILES string of the molecule is O=C(O)c1ccc(CCc2cccc(CCc3ccc(O)c(O)c3)c2)cc1O. The summed E-state index contributed by atoms with van der Waals surface area (Å²) in [5.74, 6) is -1.58. The van der Waals surface area contributed by atoms with Crippen LogP contribution in [-0.2, 0) is 25.7 Å². The lowest BCUT2D eigenvalue weighted by molar-refractivity contribution is 0.0693. The van der Waals surface area contributed by atoms with Crippen molar-refractivity contribution in [2.75, 3.05) is 0 Å². The third kappa shape index (κ3) is 4.82. The second kappa shape index (κ2) is 8.48. The van der Waals surface area contributed by atoms with Crippen molar-refractivity contribution in [2.24, 2.45) is 0 Å². The predicted octanol–water partition coefficient (Wildman–Crippen LogP) is 4.07. The van der Waals surface area contributed by atoms with Crippen LogP contribution in [-0.4, -0.2) is 26.4 Å². The Labute approximate surface area is 163 Å². The van der Waals surface area contributed by atoms with Crippen LogP contribution in [0.3, 0.4) is 0 Å². The lowest BCUT2D eigenvalue weighted by atomic mass is 9.98. The second-order valence-electron chi connectivity index (χ2n) is 6.80. The summed E-state index contributed by atoms with van der Waals surface area (Å²) in [6.45, 7) is 0. The number of carbonyl (C=O) groups is 1. The van der Waals surface area contributed by atoms with Crippen molar-refractivity contribution < 1.29 is 25.2 Å². The van der Waals surface area contributed by atoms with Gasteiger partial charge in [0, 0.05) is 0 Å². The Kier molecular flexibility index (Phi) is 5.84. The molecule has 0 aliphatic carbocycles. The summed E-state index contributed by atoms with van der Waals surface area (Å²) < 4.78 is 0. The van der Waals surface area contributed by atoms with Gasteiger partial charge in [-0.2, -0.15) is 0 Å². The van der Waals surface area contributed by atoms with Crippen molar-refractivity contribution in [3.05, 3.63) is 88.5 Å². The van der Waals surface area contributed by atoms with E-state index in [1.54, 1.807) is 18.2 Å². The maximum absolute atomic E-state index is 11.0. The number of phenols is 3. The van der Waals surface area contributed by atoms with Crippen LogP contribution < -0.4 is 0 Å². The average Bonchev–Trinajstić information content (AvgIpc) is 2.67. The molecule has 0 aliphatic rings. The van der Waals surface area contributed by atoms with Crippen molar-refractivity contribution >= 4 is 5.97 Å². The number of rotatable bonds is 7. The molecule has 0 amide bonds. The second-order valence-corrected chi connectivity index (χ2v) is 6.80. The Bertz CT molecular complexity index is 994. The number of aromatic hydroxyl groups is 3. The highest BCUT2D eigenvalue weighted by molar-refractivity contribution is 5.90. The summed E-state index contributed by atoms with van der Waals surface area (Å²) in [6.07, 6.45) is 3.04. The maximum atomic E-state index is 11.0. The molecule has 0 saturated carbocycles. The number of phenolic OH excluding ortho intramolecular Hbond substituents is 2. The minimum atomic E-state index is -1.14. The van der Waals surface area contributed by atoms with E-state index in [0.29, 0.717) is 6.42 Å². The summed E-state index contributed by atoms with van der Waals surface area (Å²) in [6, 6.07) is 17.8. The standard InChI is InChI=1S/C23H22O5/c24-20-11-9-18(14-22(20)26)7-5-16-3-1-2-15(12-16)4-6-17-8-10-19(23(27)28)21(25)13-17/h1-3,8-14,24-26H,4-7H2,(H,27,28). The molecule has 0 fully saturated rings. The van der Waals surface area contributed by atoms with E-state index in [9.17, 15) is 20.1 Å². The van der Waals surface area contributed by atoms with Gasteiger partial charge >= 0.3 is 5.97 Å². The first-order valence-corrected chi connectivity index (χ1v) is 9.06. The molecule has 144 valence electrons. The van der Waals surface area contributed by atoms with E-state index in [-0.39, 0.29) is 22.8 Å². The van der Waals surface area contributed by atoms with Crippen LogP contribution >= 0.6 is 0 Å². The molecule has 5 heteroatoms. The molecule has 0 heterocycles. The Morgan fingerprint density at radius 2 is 1.11 bits per heavy atom. The first-order chi connectivity index (χ1) is 13.4. The lowest BCUT2D eigenvalue weighted by Gasteiger charge is -2.08. The van der Waals surface area contributed by atoms with E-state index in [1.165, 1.54) is 23.8 Å². The van der Waals surface area contributed by atoms with Gasteiger partial charge in [0.05, 0.1) is 0 Å². The summed E-state index contributed by atoms with van der Waals surface area (Å²) in [5.41, 5.74) is 4.08. The van der Waals surface area contributed by atoms with Crippen LogP contribution in [0.1, 0.15) is 32.6 Å². The number of aromatic carboxylic acids is 1. The predicted molar refractivity (Wildman–Crippen MR) is 106 cm³/mol. The molecule has 3 aromatic rings. The van der Waals surface area contributed by atoms with Crippen LogP contribution in [0.25, 0.3) is 0 Å². The van der Waals surface area contributed by atoms with Crippen LogP contribution in [0.5, 0.6) is 17.2 Å². The van der Waals surface area contributed by atoms with Crippen molar-refractivity contribution in [3.8, 4) is 17.2 Å². The molecule has 4 N–H and O–H groups in total. The first kappa shape index (κ1) is 19.3. The molecule has 3 rings (SSSR count). The van der Waals surface area contributed by atoms with Crippen LogP contribution in [0.15, 0.2) is 60.7 Å². The molecule has 0 aromatic heterocycles. The summed E-state index contributed by atoms with van der Waals surface area (Å²) in [7, 11) is 0. The molecule has 3 aromatic carbocycles. The smallest absolute Gasteiger partial charge is 0.339 e. The number of aryl methyl sites for hydroxylation is 4. The third-order valence-electron chi connectivity index (χ3n) is 4.73. The fourth-order valence-corrected chi connectivity index (χ4v) is 3.16. The molecular formula is C23H22O5. The number of carboxylic acid groups (broad SMARTS) is 1. The van der Waals surface area contributed by atoms with Gasteiger partial charge in [-0.3, -0.25) is 0 Å². The Morgan fingerprint density at radius 1 is 0.607 bits per heavy atom. The van der Waals surface area contributed by atoms with Crippen molar-refractivity contribution in [3.63, 3.8) is 0 Å². The van der Waals surface area contributed by atoms with Gasteiger partial charge in [-0.1, -0.05) is 36.4 Å². The number of hydrogen-bond donors (Lipinski definition) is 4. The van der Waals surface area contributed by atoms with Crippen molar-refractivity contribution in [1.29, 1.82) is 0 Å². The van der Waals surface area contributed by atoms with E-state index in [1.807, 2.05) is 12.1 Å². The number of benzene rings is 3. The molecule has 0 bridgehead atoms. The van der Waals surface area contributed by atoms with Gasteiger partial charge in [0.15, 0.2) is 11.5 Å². The topological polar surface area (TPSA) is 98.0 Å². The maximum Gasteiger partial charge on any atom is 0.339 e. The van der Waals surface area contributed by atoms with Gasteiger partial charge in [-0.25, -0.2) is 4.79 Å². The van der Waals surface area contributed by atoms with Gasteiger partial charge in [-0.15, -0.1) is 0 Å². The van der Waals surface area contributed by atoms with Crippen LogP contribution in [0.2, 0.25) is 0 Å². The fourth-order valence-electron chi connectivity index (χ4n) is 3.16. The molecular weight excluding hydrogens is 356 g/mol. The third-order valence-corrected chi connectivity index (χ3v) is 4.73. The molecule has 28 heavy (non-hydrogen) atoms. The minimum absolute atomic E-state index is 0.0917. The summed E-state index contributed by atoms with van der Waals surface area (Å²) >= 11 is 0. The van der Waals surface area contributed by atoms with E-state index < -0.39 is 5.97 Å². The Balaban J connectivity index is 1.61. The van der Waals surface area contributed by atoms with Crippen molar-refractivity contribution in [1.82, 2.24) is 0 Å². The highest BCUT2D eigenvalue weighted by Gasteiger charge is 2.09. The molecule has 0 saturated heterocycles. The van der Waals surface area contributed by atoms with Crippen LogP contribution in [0, 0.1) is 0 Å². The zero-order chi connectivity index (χ0) is 20.1. The first-order valence-electron chi connectivity index (χ1n) is 9.06. The molecule has 5 nitrogen and oxygen atoms in total. The van der Waals surface area contributed by atoms with Gasteiger partial charge in [0.25, 0.3) is 0 Å². The molecule has 0 spiro atoms. The van der Waals surface area contributed by atoms with Gasteiger partial charge in [0.1, 0.15) is 11.3 Å². The minimum Gasteiger partial charge on any atom is -0.507 e. The monoisotopic (exact) mass is 378 g/mol. The van der Waals surface area contributed by atoms with E-state index >= 15 is 0 Å². The van der Waals surface area contributed by atoms with E-state index in [4.69, 9.17) is 5.11 Å². The van der Waals surface area contributed by atoms with E-state index in [2.05, 4.69) is 12.1 Å². The van der Waals surface area contributed by atoms with Gasteiger partial charge in [0.2, 0.25) is 0 Å². The quantitative estimate of drug-likeness (QED) is 0.465. The zero-order valence-electron chi connectivity index (χ0n) is 15.3. The fraction of sp³-hybridized carbons (Fsp3) is 0.174. The number of carboxylic acids is 1. The average molecular weight is 378 g/mol. The van der Waals surface area contributed by atoms with Gasteiger partial charge in [-0.05, 0) is 72.2 Å².